The Morgan fingerprint density at radius 3 is 2.20 bits per heavy atom. The lowest BCUT2D eigenvalue weighted by Crippen LogP contribution is -2.23. The monoisotopic (exact) mass is 598 g/mol. The molecule has 5 aromatic rings. The van der Waals surface area contributed by atoms with Crippen molar-refractivity contribution in [1.29, 1.82) is 0 Å². The molecule has 228 valence electrons. The van der Waals surface area contributed by atoms with Crippen LogP contribution in [0.3, 0.4) is 0 Å². The molecule has 1 heterocycles. The van der Waals surface area contributed by atoms with Crippen molar-refractivity contribution in [1.82, 2.24) is 10.3 Å². The number of amides is 1. The molecule has 1 aliphatic rings. The van der Waals surface area contributed by atoms with Crippen LogP contribution in [0.25, 0.3) is 11.1 Å². The van der Waals surface area contributed by atoms with Crippen LogP contribution in [0.15, 0.2) is 115 Å². The van der Waals surface area contributed by atoms with Gasteiger partial charge in [0.25, 0.3) is 5.91 Å². The van der Waals surface area contributed by atoms with Crippen LogP contribution in [0, 0.1) is 0 Å². The summed E-state index contributed by atoms with van der Waals surface area (Å²) < 4.78 is 12.0. The molecular formula is C39H38N2O4. The number of aromatic nitrogens is 1. The average Bonchev–Trinajstić information content (AvgIpc) is 3.65. The van der Waals surface area contributed by atoms with Gasteiger partial charge in [-0.15, -0.1) is 0 Å². The smallest absolute Gasteiger partial charge is 0.342 e. The SMILES string of the molecule is O=C(NCc1ccc(C2CCCCC2)cc1-c1ccc(C(=O)OCc2ccccc2)c(OCc2ccccc2)c1)c1ccc[nH]1. The third kappa shape index (κ3) is 7.71. The molecule has 6 rings (SSSR count). The van der Waals surface area contributed by atoms with E-state index in [4.69, 9.17) is 9.47 Å². The lowest BCUT2D eigenvalue weighted by molar-refractivity contribution is 0.0467. The van der Waals surface area contributed by atoms with Crippen molar-refractivity contribution in [3.05, 3.63) is 149 Å². The molecule has 6 nitrogen and oxygen atoms in total. The maximum atomic E-state index is 13.4. The maximum Gasteiger partial charge on any atom is 0.342 e. The van der Waals surface area contributed by atoms with Gasteiger partial charge in [0.2, 0.25) is 0 Å². The Balaban J connectivity index is 1.33. The summed E-state index contributed by atoms with van der Waals surface area (Å²) in [5.74, 6) is 0.369. The zero-order chi connectivity index (χ0) is 30.8. The summed E-state index contributed by atoms with van der Waals surface area (Å²) in [6.07, 6.45) is 7.87. The van der Waals surface area contributed by atoms with Gasteiger partial charge in [-0.1, -0.05) is 104 Å². The van der Waals surface area contributed by atoms with Crippen LogP contribution < -0.4 is 10.1 Å². The summed E-state index contributed by atoms with van der Waals surface area (Å²) in [6.45, 7) is 0.845. The molecule has 2 N–H and O–H groups in total. The molecule has 1 fully saturated rings. The highest BCUT2D eigenvalue weighted by atomic mass is 16.5. The number of hydrogen-bond acceptors (Lipinski definition) is 4. The van der Waals surface area contributed by atoms with E-state index in [0.29, 0.717) is 36.1 Å². The number of hydrogen-bond donors (Lipinski definition) is 2. The highest BCUT2D eigenvalue weighted by molar-refractivity contribution is 5.94. The molecule has 0 aliphatic heterocycles. The summed E-state index contributed by atoms with van der Waals surface area (Å²) in [5, 5.41) is 3.06. The van der Waals surface area contributed by atoms with Crippen LogP contribution in [-0.2, 0) is 24.5 Å². The molecule has 6 heteroatoms. The fourth-order valence-electron chi connectivity index (χ4n) is 5.96. The molecule has 0 radical (unpaired) electrons. The molecular weight excluding hydrogens is 560 g/mol. The number of aromatic amines is 1. The molecule has 4 aromatic carbocycles. The van der Waals surface area contributed by atoms with Crippen molar-refractivity contribution in [3.63, 3.8) is 0 Å². The number of benzene rings is 4. The summed E-state index contributed by atoms with van der Waals surface area (Å²) in [7, 11) is 0. The fraction of sp³-hybridized carbons (Fsp3) is 0.231. The zero-order valence-electron chi connectivity index (χ0n) is 25.3. The Morgan fingerprint density at radius 1 is 0.756 bits per heavy atom. The molecule has 0 bridgehead atoms. The molecule has 0 saturated heterocycles. The van der Waals surface area contributed by atoms with Gasteiger partial charge in [0.05, 0.1) is 0 Å². The minimum absolute atomic E-state index is 0.161. The van der Waals surface area contributed by atoms with Crippen LogP contribution in [0.4, 0.5) is 0 Å². The number of H-pyrrole nitrogens is 1. The minimum atomic E-state index is -0.442. The Kier molecular flexibility index (Phi) is 9.71. The lowest BCUT2D eigenvalue weighted by atomic mass is 9.82. The van der Waals surface area contributed by atoms with Crippen LogP contribution >= 0.6 is 0 Å². The Hall–Kier alpha value is -5.10. The number of nitrogens with one attached hydrogen (secondary N) is 2. The largest absolute Gasteiger partial charge is 0.488 e. The zero-order valence-corrected chi connectivity index (χ0v) is 25.3. The summed E-state index contributed by atoms with van der Waals surface area (Å²) in [6, 6.07) is 35.4. The van der Waals surface area contributed by atoms with Gasteiger partial charge in [0.15, 0.2) is 0 Å². The number of carbonyl (C=O) groups is 2. The van der Waals surface area contributed by atoms with E-state index < -0.39 is 5.97 Å². The first kappa shape index (κ1) is 29.9. The van der Waals surface area contributed by atoms with E-state index in [2.05, 4.69) is 28.5 Å². The van der Waals surface area contributed by atoms with E-state index in [0.717, 1.165) is 27.8 Å². The number of rotatable bonds is 11. The Morgan fingerprint density at radius 2 is 1.49 bits per heavy atom. The van der Waals surface area contributed by atoms with Crippen molar-refractivity contribution in [2.45, 2.75) is 57.8 Å². The second kappa shape index (κ2) is 14.6. The predicted molar refractivity (Wildman–Crippen MR) is 176 cm³/mol. The third-order valence-corrected chi connectivity index (χ3v) is 8.45. The van der Waals surface area contributed by atoms with Crippen molar-refractivity contribution < 1.29 is 19.1 Å². The van der Waals surface area contributed by atoms with Gasteiger partial charge in [-0.2, -0.15) is 0 Å². The number of carbonyl (C=O) groups excluding carboxylic acids is 2. The first-order valence-corrected chi connectivity index (χ1v) is 15.7. The summed E-state index contributed by atoms with van der Waals surface area (Å²) in [4.78, 5) is 29.1. The number of esters is 1. The second-order valence-electron chi connectivity index (χ2n) is 11.6. The Labute approximate surface area is 264 Å². The van der Waals surface area contributed by atoms with Crippen LogP contribution in [0.5, 0.6) is 5.75 Å². The molecule has 1 amide bonds. The quantitative estimate of drug-likeness (QED) is 0.149. The molecule has 45 heavy (non-hydrogen) atoms. The second-order valence-corrected chi connectivity index (χ2v) is 11.6. The van der Waals surface area contributed by atoms with E-state index >= 15 is 0 Å². The van der Waals surface area contributed by atoms with Gasteiger partial charge < -0.3 is 19.8 Å². The van der Waals surface area contributed by atoms with Crippen molar-refractivity contribution in [2.24, 2.45) is 0 Å². The van der Waals surface area contributed by atoms with E-state index in [1.165, 1.54) is 37.7 Å². The Bertz CT molecular complexity index is 1710. The van der Waals surface area contributed by atoms with Gasteiger partial charge in [-0.25, -0.2) is 4.79 Å². The molecule has 0 atom stereocenters. The third-order valence-electron chi connectivity index (χ3n) is 8.45. The highest BCUT2D eigenvalue weighted by Crippen LogP contribution is 2.37. The van der Waals surface area contributed by atoms with Gasteiger partial charge in [-0.3, -0.25) is 4.79 Å². The molecule has 1 aliphatic carbocycles. The topological polar surface area (TPSA) is 80.4 Å². The molecule has 1 saturated carbocycles. The normalized spacial score (nSPS) is 13.2. The van der Waals surface area contributed by atoms with E-state index in [9.17, 15) is 9.59 Å². The van der Waals surface area contributed by atoms with Crippen LogP contribution in [0.2, 0.25) is 0 Å². The van der Waals surface area contributed by atoms with Gasteiger partial charge in [0, 0.05) is 12.7 Å². The van der Waals surface area contributed by atoms with Gasteiger partial charge >= 0.3 is 5.97 Å². The van der Waals surface area contributed by atoms with Gasteiger partial charge in [0.1, 0.15) is 30.2 Å². The maximum absolute atomic E-state index is 13.4. The summed E-state index contributed by atoms with van der Waals surface area (Å²) >= 11 is 0. The molecule has 0 spiro atoms. The van der Waals surface area contributed by atoms with Crippen molar-refractivity contribution >= 4 is 11.9 Å². The molecule has 1 aromatic heterocycles. The highest BCUT2D eigenvalue weighted by Gasteiger charge is 2.20. The fourth-order valence-corrected chi connectivity index (χ4v) is 5.96. The molecule has 0 unspecified atom stereocenters. The first-order valence-electron chi connectivity index (χ1n) is 15.7. The van der Waals surface area contributed by atoms with Gasteiger partial charge in [-0.05, 0) is 76.4 Å². The van der Waals surface area contributed by atoms with Crippen LogP contribution in [-0.4, -0.2) is 16.9 Å². The van der Waals surface area contributed by atoms with Crippen molar-refractivity contribution in [3.8, 4) is 16.9 Å². The summed E-state index contributed by atoms with van der Waals surface area (Å²) in [5.41, 5.74) is 7.03. The lowest BCUT2D eigenvalue weighted by Gasteiger charge is -2.24. The standard InChI is InChI=1S/C39H38N2O4/c42-38(36-17-10-22-40-36)41-25-33-19-18-31(30-15-8-3-9-16-30)23-35(33)32-20-21-34(39(43)45-27-29-13-6-2-7-14-29)37(24-32)44-26-28-11-4-1-5-12-28/h1-2,4-7,10-14,17-24,30,40H,3,8-9,15-16,25-27H2,(H,41,42). The predicted octanol–water partition coefficient (Wildman–Crippen LogP) is 8.60. The first-order chi connectivity index (χ1) is 22.1. The van der Waals surface area contributed by atoms with E-state index in [1.807, 2.05) is 78.9 Å². The number of ether oxygens (including phenoxy) is 2. The van der Waals surface area contributed by atoms with Crippen molar-refractivity contribution in [2.75, 3.05) is 0 Å². The van der Waals surface area contributed by atoms with Crippen LogP contribution in [0.1, 0.15) is 81.1 Å². The average molecular weight is 599 g/mol. The van der Waals surface area contributed by atoms with E-state index in [-0.39, 0.29) is 12.5 Å². The van der Waals surface area contributed by atoms with E-state index in [1.54, 1.807) is 18.3 Å². The minimum Gasteiger partial charge on any atom is -0.488 e.